The Morgan fingerprint density at radius 2 is 1.92 bits per heavy atom. The number of aryl methyl sites for hydroxylation is 2. The molecule has 0 radical (unpaired) electrons. The number of carbonyl (C=O) groups excluding carboxylic acids is 1. The first kappa shape index (κ1) is 17.1. The molecule has 0 spiro atoms. The fraction of sp³-hybridized carbons (Fsp3) is 0.368. The van der Waals surface area contributed by atoms with Gasteiger partial charge in [0.25, 0.3) is 0 Å². The third-order valence-electron chi connectivity index (χ3n) is 4.46. The zero-order valence-electron chi connectivity index (χ0n) is 14.7. The molecule has 1 aliphatic rings. The topological polar surface area (TPSA) is 71.0 Å². The van der Waals surface area contributed by atoms with Gasteiger partial charge in [0.15, 0.2) is 0 Å². The fourth-order valence-electron chi connectivity index (χ4n) is 3.23. The minimum atomic E-state index is 0.0162. The van der Waals surface area contributed by atoms with Gasteiger partial charge >= 0.3 is 0 Å². The molecule has 6 nitrogen and oxygen atoms in total. The molecular formula is C19H23N5O. The van der Waals surface area contributed by atoms with E-state index >= 15 is 0 Å². The first-order valence-corrected chi connectivity index (χ1v) is 8.52. The summed E-state index contributed by atoms with van der Waals surface area (Å²) in [5.41, 5.74) is 3.07. The number of piperidine rings is 1. The van der Waals surface area contributed by atoms with Crippen LogP contribution in [0.4, 0.5) is 11.8 Å². The molecule has 0 bridgehead atoms. The molecule has 3 rings (SSSR count). The number of nitrogens with one attached hydrogen (secondary N) is 1. The highest BCUT2D eigenvalue weighted by atomic mass is 16.2. The van der Waals surface area contributed by atoms with Crippen molar-refractivity contribution >= 4 is 17.7 Å². The van der Waals surface area contributed by atoms with E-state index in [1.807, 2.05) is 37.1 Å². The number of aromatic nitrogens is 3. The van der Waals surface area contributed by atoms with Crippen LogP contribution < -0.4 is 5.32 Å². The van der Waals surface area contributed by atoms with Crippen molar-refractivity contribution in [2.45, 2.75) is 32.6 Å². The van der Waals surface area contributed by atoms with E-state index in [0.717, 1.165) is 43.1 Å². The lowest BCUT2D eigenvalue weighted by Crippen LogP contribution is -2.36. The van der Waals surface area contributed by atoms with Gasteiger partial charge in [-0.25, -0.2) is 15.0 Å². The van der Waals surface area contributed by atoms with Crippen molar-refractivity contribution in [1.82, 2.24) is 19.9 Å². The molecule has 1 aliphatic heterocycles. The lowest BCUT2D eigenvalue weighted by molar-refractivity contribution is -0.127. The number of likely N-dealkylation sites (tertiary alicyclic amines) is 1. The zero-order valence-corrected chi connectivity index (χ0v) is 14.7. The molecule has 3 heterocycles. The smallest absolute Gasteiger partial charge is 0.245 e. The monoisotopic (exact) mass is 337 g/mol. The summed E-state index contributed by atoms with van der Waals surface area (Å²) in [4.78, 5) is 26.7. The van der Waals surface area contributed by atoms with E-state index in [9.17, 15) is 4.79 Å². The van der Waals surface area contributed by atoms with Gasteiger partial charge in [0.2, 0.25) is 11.9 Å². The zero-order chi connectivity index (χ0) is 17.8. The SMILES string of the molecule is C=CC(=O)N1CCC(c2ccnc(Nc3nc(C)cc(C)n3)c2)CC1. The maximum Gasteiger partial charge on any atom is 0.245 e. The number of anilines is 2. The van der Waals surface area contributed by atoms with Crippen LogP contribution in [0.2, 0.25) is 0 Å². The summed E-state index contributed by atoms with van der Waals surface area (Å²) in [5, 5.41) is 3.19. The van der Waals surface area contributed by atoms with Crippen LogP contribution in [-0.4, -0.2) is 38.8 Å². The molecule has 0 aliphatic carbocycles. The second-order valence-corrected chi connectivity index (χ2v) is 6.38. The van der Waals surface area contributed by atoms with Crippen LogP contribution in [-0.2, 0) is 4.79 Å². The Balaban J connectivity index is 1.70. The van der Waals surface area contributed by atoms with E-state index < -0.39 is 0 Å². The van der Waals surface area contributed by atoms with Gasteiger partial charge in [0.1, 0.15) is 5.82 Å². The Hall–Kier alpha value is -2.76. The van der Waals surface area contributed by atoms with Gasteiger partial charge in [-0.1, -0.05) is 6.58 Å². The minimum Gasteiger partial charge on any atom is -0.339 e. The van der Waals surface area contributed by atoms with E-state index in [4.69, 9.17) is 0 Å². The molecule has 0 saturated carbocycles. The van der Waals surface area contributed by atoms with Gasteiger partial charge in [-0.15, -0.1) is 0 Å². The van der Waals surface area contributed by atoms with Gasteiger partial charge < -0.3 is 10.2 Å². The molecule has 1 amide bonds. The average Bonchev–Trinajstić information content (AvgIpc) is 2.60. The summed E-state index contributed by atoms with van der Waals surface area (Å²) < 4.78 is 0. The maximum absolute atomic E-state index is 11.7. The Bertz CT molecular complexity index is 761. The molecule has 2 aromatic heterocycles. The summed E-state index contributed by atoms with van der Waals surface area (Å²) >= 11 is 0. The normalized spacial score (nSPS) is 15.0. The van der Waals surface area contributed by atoms with Crippen LogP contribution in [0, 0.1) is 13.8 Å². The Morgan fingerprint density at radius 1 is 1.24 bits per heavy atom. The number of carbonyl (C=O) groups is 1. The summed E-state index contributed by atoms with van der Waals surface area (Å²) in [6.45, 7) is 8.98. The molecule has 0 atom stereocenters. The van der Waals surface area contributed by atoms with Crippen LogP contribution in [0.3, 0.4) is 0 Å². The number of hydrogen-bond acceptors (Lipinski definition) is 5. The van der Waals surface area contributed by atoms with Crippen molar-refractivity contribution in [2.75, 3.05) is 18.4 Å². The predicted molar refractivity (Wildman–Crippen MR) is 97.8 cm³/mol. The van der Waals surface area contributed by atoms with Gasteiger partial charge in [0, 0.05) is 30.7 Å². The maximum atomic E-state index is 11.7. The van der Waals surface area contributed by atoms with Gasteiger partial charge in [0.05, 0.1) is 0 Å². The second-order valence-electron chi connectivity index (χ2n) is 6.38. The summed E-state index contributed by atoms with van der Waals surface area (Å²) in [6, 6.07) is 6.03. The third-order valence-corrected chi connectivity index (χ3v) is 4.46. The highest BCUT2D eigenvalue weighted by molar-refractivity contribution is 5.87. The number of amides is 1. The number of hydrogen-bond donors (Lipinski definition) is 1. The van der Waals surface area contributed by atoms with Crippen molar-refractivity contribution in [2.24, 2.45) is 0 Å². The molecule has 6 heteroatoms. The lowest BCUT2D eigenvalue weighted by Gasteiger charge is -2.31. The van der Waals surface area contributed by atoms with E-state index in [2.05, 4.69) is 32.9 Å². The van der Waals surface area contributed by atoms with Crippen LogP contribution in [0.1, 0.15) is 35.7 Å². The van der Waals surface area contributed by atoms with E-state index in [0.29, 0.717) is 11.9 Å². The summed E-state index contributed by atoms with van der Waals surface area (Å²) in [5.74, 6) is 1.75. The Labute approximate surface area is 148 Å². The molecular weight excluding hydrogens is 314 g/mol. The fourth-order valence-corrected chi connectivity index (χ4v) is 3.23. The molecule has 1 fully saturated rings. The standard InChI is InChI=1S/C19H23N5O/c1-4-18(25)24-9-6-15(7-10-24)16-5-8-20-17(12-16)23-19-21-13(2)11-14(3)22-19/h4-5,8,11-12,15H,1,6-7,9-10H2,2-3H3,(H,20,21,22,23). The van der Waals surface area contributed by atoms with E-state index in [-0.39, 0.29) is 5.91 Å². The number of nitrogens with zero attached hydrogens (tertiary/aromatic N) is 4. The van der Waals surface area contributed by atoms with Crippen molar-refractivity contribution in [3.05, 3.63) is 54.0 Å². The molecule has 2 aromatic rings. The summed E-state index contributed by atoms with van der Waals surface area (Å²) in [7, 11) is 0. The first-order valence-electron chi connectivity index (χ1n) is 8.52. The third kappa shape index (κ3) is 4.21. The van der Waals surface area contributed by atoms with Crippen LogP contribution in [0.25, 0.3) is 0 Å². The molecule has 0 aromatic carbocycles. The van der Waals surface area contributed by atoms with Gasteiger partial charge in [-0.2, -0.15) is 0 Å². The van der Waals surface area contributed by atoms with Crippen molar-refractivity contribution < 1.29 is 4.79 Å². The molecule has 1 N–H and O–H groups in total. The van der Waals surface area contributed by atoms with Crippen LogP contribution in [0.15, 0.2) is 37.1 Å². The van der Waals surface area contributed by atoms with Crippen molar-refractivity contribution in [3.8, 4) is 0 Å². The van der Waals surface area contributed by atoms with Crippen molar-refractivity contribution in [1.29, 1.82) is 0 Å². The quantitative estimate of drug-likeness (QED) is 0.868. The molecule has 0 unspecified atom stereocenters. The predicted octanol–water partition coefficient (Wildman–Crippen LogP) is 3.12. The molecule has 1 saturated heterocycles. The highest BCUT2D eigenvalue weighted by Gasteiger charge is 2.22. The highest BCUT2D eigenvalue weighted by Crippen LogP contribution is 2.29. The van der Waals surface area contributed by atoms with E-state index in [1.54, 1.807) is 0 Å². The summed E-state index contributed by atoms with van der Waals surface area (Å²) in [6.07, 6.45) is 5.09. The Kier molecular flexibility index (Phi) is 5.07. The Morgan fingerprint density at radius 3 is 2.56 bits per heavy atom. The second kappa shape index (κ2) is 7.42. The van der Waals surface area contributed by atoms with Crippen molar-refractivity contribution in [3.63, 3.8) is 0 Å². The number of pyridine rings is 1. The lowest BCUT2D eigenvalue weighted by atomic mass is 9.90. The van der Waals surface area contributed by atoms with Crippen LogP contribution in [0.5, 0.6) is 0 Å². The van der Waals surface area contributed by atoms with Crippen LogP contribution >= 0.6 is 0 Å². The molecule has 25 heavy (non-hydrogen) atoms. The van der Waals surface area contributed by atoms with Gasteiger partial charge in [-0.3, -0.25) is 4.79 Å². The van der Waals surface area contributed by atoms with Gasteiger partial charge in [-0.05, 0) is 62.4 Å². The van der Waals surface area contributed by atoms with E-state index in [1.165, 1.54) is 11.6 Å². The minimum absolute atomic E-state index is 0.0162. The molecule has 130 valence electrons. The largest absolute Gasteiger partial charge is 0.339 e. The number of rotatable bonds is 4. The first-order chi connectivity index (χ1) is 12.0. The average molecular weight is 337 g/mol.